The van der Waals surface area contributed by atoms with Crippen LogP contribution in [-0.2, 0) is 0 Å². The van der Waals surface area contributed by atoms with E-state index in [0.29, 0.717) is 5.92 Å². The minimum absolute atomic E-state index is 0.651. The molecule has 0 spiro atoms. The molecular weight excluding hydrogens is 146 g/mol. The average molecular weight is 167 g/mol. The largest absolute Gasteiger partial charge is 0.293 e. The first-order valence-electron chi connectivity index (χ1n) is 4.81. The van der Waals surface area contributed by atoms with Gasteiger partial charge in [0.1, 0.15) is 0 Å². The third kappa shape index (κ3) is 3.70. The van der Waals surface area contributed by atoms with Crippen molar-refractivity contribution in [3.05, 3.63) is 11.6 Å². The Labute approximate surface area is 76.6 Å². The second kappa shape index (κ2) is 5.99. The van der Waals surface area contributed by atoms with Crippen LogP contribution < -0.4 is 0 Å². The third-order valence-electron chi connectivity index (χ3n) is 2.15. The Hall–Kier alpha value is -0.590. The van der Waals surface area contributed by atoms with Crippen LogP contribution in [0.15, 0.2) is 16.6 Å². The van der Waals surface area contributed by atoms with Crippen molar-refractivity contribution < 1.29 is 0 Å². The van der Waals surface area contributed by atoms with E-state index in [1.54, 1.807) is 0 Å². The second-order valence-corrected chi connectivity index (χ2v) is 3.30. The molecule has 0 aliphatic carbocycles. The van der Waals surface area contributed by atoms with E-state index in [9.17, 15) is 0 Å². The summed E-state index contributed by atoms with van der Waals surface area (Å²) in [7, 11) is 1.86. The third-order valence-corrected chi connectivity index (χ3v) is 2.15. The molecule has 1 heteroatoms. The van der Waals surface area contributed by atoms with Gasteiger partial charge in [-0.2, -0.15) is 0 Å². The Kier molecular flexibility index (Phi) is 5.69. The molecule has 0 rings (SSSR count). The molecule has 0 unspecified atom stereocenters. The van der Waals surface area contributed by atoms with E-state index in [-0.39, 0.29) is 0 Å². The number of aliphatic imine (C=N–C) groups is 1. The van der Waals surface area contributed by atoms with Crippen molar-refractivity contribution in [2.24, 2.45) is 10.9 Å². The lowest BCUT2D eigenvalue weighted by molar-refractivity contribution is 0.733. The molecule has 0 aliphatic rings. The molecule has 0 fully saturated rings. The predicted molar refractivity (Wildman–Crippen MR) is 56.9 cm³/mol. The van der Waals surface area contributed by atoms with Gasteiger partial charge < -0.3 is 0 Å². The van der Waals surface area contributed by atoms with Crippen LogP contribution in [0.4, 0.5) is 0 Å². The van der Waals surface area contributed by atoms with Gasteiger partial charge in [-0.05, 0) is 24.8 Å². The van der Waals surface area contributed by atoms with E-state index in [2.05, 4.69) is 38.8 Å². The van der Waals surface area contributed by atoms with Crippen LogP contribution in [0.3, 0.4) is 0 Å². The molecule has 0 aliphatic heterocycles. The van der Waals surface area contributed by atoms with Crippen LogP contribution in [0.25, 0.3) is 0 Å². The smallest absolute Gasteiger partial charge is 0.0341 e. The fraction of sp³-hybridized carbons (Fsp3) is 0.727. The van der Waals surface area contributed by atoms with Crippen molar-refractivity contribution >= 4 is 5.71 Å². The van der Waals surface area contributed by atoms with Crippen LogP contribution >= 0.6 is 0 Å². The molecule has 0 amide bonds. The maximum absolute atomic E-state index is 4.22. The Morgan fingerprint density at radius 3 is 2.08 bits per heavy atom. The summed E-state index contributed by atoms with van der Waals surface area (Å²) in [6.07, 6.45) is 4.41. The normalized spacial score (nSPS) is 14.2. The van der Waals surface area contributed by atoms with Crippen LogP contribution in [0.1, 0.15) is 40.5 Å². The van der Waals surface area contributed by atoms with Crippen molar-refractivity contribution in [3.63, 3.8) is 0 Å². The van der Waals surface area contributed by atoms with Crippen LogP contribution in [0.5, 0.6) is 0 Å². The van der Waals surface area contributed by atoms with Gasteiger partial charge in [-0.25, -0.2) is 0 Å². The van der Waals surface area contributed by atoms with Crippen molar-refractivity contribution in [2.45, 2.75) is 40.5 Å². The molecule has 0 atom stereocenters. The number of nitrogens with zero attached hydrogens (tertiary/aromatic N) is 1. The zero-order chi connectivity index (χ0) is 9.56. The summed E-state index contributed by atoms with van der Waals surface area (Å²) in [5.74, 6) is 0.651. The Balaban J connectivity index is 4.47. The van der Waals surface area contributed by atoms with Gasteiger partial charge in [0.05, 0.1) is 0 Å². The van der Waals surface area contributed by atoms with Crippen LogP contribution in [-0.4, -0.2) is 12.8 Å². The minimum Gasteiger partial charge on any atom is -0.293 e. The van der Waals surface area contributed by atoms with Crippen molar-refractivity contribution in [2.75, 3.05) is 7.05 Å². The fourth-order valence-electron chi connectivity index (χ4n) is 1.22. The number of rotatable bonds is 4. The molecule has 70 valence electrons. The quantitative estimate of drug-likeness (QED) is 0.569. The molecular formula is C11H21N. The molecule has 0 bridgehead atoms. The topological polar surface area (TPSA) is 12.4 Å². The van der Waals surface area contributed by atoms with Crippen molar-refractivity contribution in [1.29, 1.82) is 0 Å². The second-order valence-electron chi connectivity index (χ2n) is 3.30. The maximum atomic E-state index is 4.22. The summed E-state index contributed by atoms with van der Waals surface area (Å²) in [5, 5.41) is 0. The zero-order valence-corrected chi connectivity index (χ0v) is 9.02. The first kappa shape index (κ1) is 11.4. The number of hydrogen-bond acceptors (Lipinski definition) is 1. The van der Waals surface area contributed by atoms with Gasteiger partial charge in [-0.15, -0.1) is 0 Å². The molecule has 0 radical (unpaired) electrons. The predicted octanol–water partition coefficient (Wildman–Crippen LogP) is 3.46. The minimum atomic E-state index is 0.651. The van der Waals surface area contributed by atoms with E-state index in [1.165, 1.54) is 11.3 Å². The molecule has 0 N–H and O–H groups in total. The average Bonchev–Trinajstić information content (AvgIpc) is 2.06. The van der Waals surface area contributed by atoms with Gasteiger partial charge in [0.15, 0.2) is 0 Å². The number of allylic oxidation sites excluding steroid dienone is 2. The van der Waals surface area contributed by atoms with Crippen molar-refractivity contribution in [1.82, 2.24) is 0 Å². The SMILES string of the molecule is CC/C(=C/C(CC)=N\C)C(C)C. The summed E-state index contributed by atoms with van der Waals surface area (Å²) >= 11 is 0. The molecule has 12 heavy (non-hydrogen) atoms. The highest BCUT2D eigenvalue weighted by molar-refractivity contribution is 5.95. The molecule has 0 saturated carbocycles. The van der Waals surface area contributed by atoms with Crippen LogP contribution in [0, 0.1) is 5.92 Å². The zero-order valence-electron chi connectivity index (χ0n) is 9.02. The Morgan fingerprint density at radius 1 is 1.25 bits per heavy atom. The standard InChI is InChI=1S/C11H21N/c1-6-10(9(3)4)8-11(7-2)12-5/h8-9H,6-7H2,1-5H3/b10-8-,12-11-. The molecule has 1 nitrogen and oxygen atoms in total. The van der Waals surface area contributed by atoms with Gasteiger partial charge in [0.2, 0.25) is 0 Å². The van der Waals surface area contributed by atoms with Gasteiger partial charge >= 0.3 is 0 Å². The number of hydrogen-bond donors (Lipinski definition) is 0. The summed E-state index contributed by atoms with van der Waals surface area (Å²) < 4.78 is 0. The maximum Gasteiger partial charge on any atom is 0.0341 e. The van der Waals surface area contributed by atoms with E-state index in [4.69, 9.17) is 0 Å². The highest BCUT2D eigenvalue weighted by Gasteiger charge is 2.00. The van der Waals surface area contributed by atoms with E-state index < -0.39 is 0 Å². The highest BCUT2D eigenvalue weighted by Crippen LogP contribution is 2.13. The Bertz CT molecular complexity index is 175. The van der Waals surface area contributed by atoms with Gasteiger partial charge in [-0.1, -0.05) is 33.3 Å². The fourth-order valence-corrected chi connectivity index (χ4v) is 1.22. The molecule has 0 saturated heterocycles. The van der Waals surface area contributed by atoms with E-state index in [1.807, 2.05) is 7.05 Å². The summed E-state index contributed by atoms with van der Waals surface area (Å²) in [5.41, 5.74) is 2.71. The summed E-state index contributed by atoms with van der Waals surface area (Å²) in [6, 6.07) is 0. The molecule has 0 aromatic heterocycles. The van der Waals surface area contributed by atoms with Gasteiger partial charge in [0.25, 0.3) is 0 Å². The van der Waals surface area contributed by atoms with Gasteiger partial charge in [-0.3, -0.25) is 4.99 Å². The van der Waals surface area contributed by atoms with Crippen LogP contribution in [0.2, 0.25) is 0 Å². The van der Waals surface area contributed by atoms with E-state index >= 15 is 0 Å². The molecule has 0 aromatic rings. The first-order valence-corrected chi connectivity index (χ1v) is 4.81. The lowest BCUT2D eigenvalue weighted by atomic mass is 9.99. The Morgan fingerprint density at radius 2 is 1.83 bits per heavy atom. The van der Waals surface area contributed by atoms with E-state index in [0.717, 1.165) is 12.8 Å². The monoisotopic (exact) mass is 167 g/mol. The summed E-state index contributed by atoms with van der Waals surface area (Å²) in [6.45, 7) is 8.82. The molecule has 0 heterocycles. The van der Waals surface area contributed by atoms with Crippen molar-refractivity contribution in [3.8, 4) is 0 Å². The highest BCUT2D eigenvalue weighted by atomic mass is 14.7. The lowest BCUT2D eigenvalue weighted by Gasteiger charge is -2.08. The first-order chi connectivity index (χ1) is 5.65. The lowest BCUT2D eigenvalue weighted by Crippen LogP contribution is -1.98. The molecule has 0 aromatic carbocycles. The summed E-state index contributed by atoms with van der Waals surface area (Å²) in [4.78, 5) is 4.22. The van der Waals surface area contributed by atoms with Gasteiger partial charge in [0, 0.05) is 12.8 Å².